The molecule has 2 saturated heterocycles. The van der Waals surface area contributed by atoms with Crippen LogP contribution in [-0.4, -0.2) is 42.0 Å². The summed E-state index contributed by atoms with van der Waals surface area (Å²) in [6.45, 7) is 5.32. The number of hydrogen-bond acceptors (Lipinski definition) is 6. The van der Waals surface area contributed by atoms with Gasteiger partial charge in [0.05, 0.1) is 6.26 Å². The van der Waals surface area contributed by atoms with E-state index in [4.69, 9.17) is 8.83 Å². The molecule has 0 saturated carbocycles. The molecule has 0 bridgehead atoms. The van der Waals surface area contributed by atoms with E-state index in [1.54, 1.807) is 18.4 Å². The van der Waals surface area contributed by atoms with Crippen LogP contribution in [0.5, 0.6) is 0 Å². The van der Waals surface area contributed by atoms with Crippen LogP contribution < -0.4 is 4.90 Å². The Bertz CT molecular complexity index is 812. The highest BCUT2D eigenvalue weighted by molar-refractivity contribution is 5.79. The third-order valence-corrected chi connectivity index (χ3v) is 5.31. The molecule has 136 valence electrons. The molecule has 0 spiro atoms. The topological polar surface area (TPSA) is 86.5 Å². The van der Waals surface area contributed by atoms with Crippen LogP contribution >= 0.6 is 0 Å². The quantitative estimate of drug-likeness (QED) is 0.842. The first-order valence-corrected chi connectivity index (χ1v) is 9.14. The molecule has 4 rings (SSSR count). The van der Waals surface area contributed by atoms with Gasteiger partial charge in [0.25, 0.3) is 5.89 Å². The Labute approximate surface area is 152 Å². The van der Waals surface area contributed by atoms with Crippen LogP contribution in [0.2, 0.25) is 0 Å². The second-order valence-corrected chi connectivity index (χ2v) is 7.20. The third-order valence-electron chi connectivity index (χ3n) is 5.31. The number of hydrogen-bond donors (Lipinski definition) is 0. The number of likely N-dealkylation sites (tertiary alicyclic amines) is 1. The number of rotatable bonds is 3. The number of oxazole rings is 1. The zero-order valence-corrected chi connectivity index (χ0v) is 14.9. The zero-order chi connectivity index (χ0) is 18.1. The van der Waals surface area contributed by atoms with Gasteiger partial charge in [0.2, 0.25) is 17.5 Å². The minimum absolute atomic E-state index is 0.0644. The summed E-state index contributed by atoms with van der Waals surface area (Å²) >= 11 is 0. The van der Waals surface area contributed by atoms with E-state index in [-0.39, 0.29) is 17.5 Å². The molecule has 1 atom stereocenters. The van der Waals surface area contributed by atoms with Crippen LogP contribution in [0.15, 0.2) is 27.2 Å². The van der Waals surface area contributed by atoms with E-state index in [1.807, 2.05) is 9.80 Å². The lowest BCUT2D eigenvalue weighted by Gasteiger charge is -2.32. The smallest absolute Gasteiger partial charge is 0.266 e. The number of amides is 1. The molecule has 2 aliphatic rings. The second-order valence-electron chi connectivity index (χ2n) is 7.20. The number of carbonyl (C=O) groups excluding carboxylic acids is 1. The summed E-state index contributed by atoms with van der Waals surface area (Å²) in [7, 11) is 0. The van der Waals surface area contributed by atoms with Crippen LogP contribution in [0.1, 0.15) is 31.9 Å². The number of carbonyl (C=O) groups is 1. The van der Waals surface area contributed by atoms with E-state index >= 15 is 0 Å². The Hall–Kier alpha value is -2.75. The summed E-state index contributed by atoms with van der Waals surface area (Å²) < 4.78 is 11.1. The van der Waals surface area contributed by atoms with Crippen molar-refractivity contribution in [1.82, 2.24) is 9.88 Å². The highest BCUT2D eigenvalue weighted by atomic mass is 16.4. The average molecular weight is 354 g/mol. The molecule has 7 nitrogen and oxygen atoms in total. The lowest BCUT2D eigenvalue weighted by Crippen LogP contribution is -2.42. The van der Waals surface area contributed by atoms with Crippen LogP contribution in [0.4, 0.5) is 5.88 Å². The van der Waals surface area contributed by atoms with E-state index in [0.717, 1.165) is 32.4 Å². The predicted molar refractivity (Wildman–Crippen MR) is 94.2 cm³/mol. The standard InChI is InChI=1S/C19H22N4O3/c1-13-4-7-23(12-13)18(24)14-5-8-22(9-6-14)19-15(11-20)21-17(26-19)16-3-2-10-25-16/h2-3,10,13-14H,4-9,12H2,1H3. The number of furan rings is 1. The first kappa shape index (κ1) is 16.7. The molecular formula is C19H22N4O3. The second kappa shape index (κ2) is 6.87. The normalized spacial score (nSPS) is 21.2. The van der Waals surface area contributed by atoms with Crippen molar-refractivity contribution in [3.05, 3.63) is 24.1 Å². The van der Waals surface area contributed by atoms with Crippen molar-refractivity contribution >= 4 is 11.8 Å². The maximum Gasteiger partial charge on any atom is 0.266 e. The Morgan fingerprint density at radius 3 is 2.73 bits per heavy atom. The average Bonchev–Trinajstić information content (AvgIpc) is 3.41. The van der Waals surface area contributed by atoms with Gasteiger partial charge in [-0.25, -0.2) is 0 Å². The molecule has 26 heavy (non-hydrogen) atoms. The maximum atomic E-state index is 12.7. The van der Waals surface area contributed by atoms with Gasteiger partial charge in [-0.05, 0) is 37.3 Å². The molecule has 2 aromatic heterocycles. The van der Waals surface area contributed by atoms with Gasteiger partial charge in [-0.2, -0.15) is 10.2 Å². The molecule has 1 amide bonds. The zero-order valence-electron chi connectivity index (χ0n) is 14.9. The summed E-state index contributed by atoms with van der Waals surface area (Å²) in [5.41, 5.74) is 0.259. The highest BCUT2D eigenvalue weighted by Gasteiger charge is 2.33. The summed E-state index contributed by atoms with van der Waals surface area (Å²) in [6.07, 6.45) is 4.18. The van der Waals surface area contributed by atoms with E-state index in [1.165, 1.54) is 0 Å². The summed E-state index contributed by atoms with van der Waals surface area (Å²) in [6, 6.07) is 5.60. The van der Waals surface area contributed by atoms with Crippen LogP contribution in [-0.2, 0) is 4.79 Å². The number of piperidine rings is 1. The van der Waals surface area contributed by atoms with Gasteiger partial charge in [0.15, 0.2) is 5.76 Å². The Kier molecular flexibility index (Phi) is 4.41. The first-order chi connectivity index (χ1) is 12.7. The molecule has 2 fully saturated rings. The van der Waals surface area contributed by atoms with Crippen molar-refractivity contribution < 1.29 is 13.6 Å². The fraction of sp³-hybridized carbons (Fsp3) is 0.526. The predicted octanol–water partition coefficient (Wildman–Crippen LogP) is 2.89. The van der Waals surface area contributed by atoms with Gasteiger partial charge in [0, 0.05) is 32.1 Å². The highest BCUT2D eigenvalue weighted by Crippen LogP contribution is 2.32. The number of anilines is 1. The van der Waals surface area contributed by atoms with E-state index in [0.29, 0.717) is 36.5 Å². The van der Waals surface area contributed by atoms with Crippen LogP contribution in [0, 0.1) is 23.2 Å². The van der Waals surface area contributed by atoms with Crippen molar-refractivity contribution in [2.75, 3.05) is 31.1 Å². The van der Waals surface area contributed by atoms with E-state index < -0.39 is 0 Å². The molecule has 0 aliphatic carbocycles. The van der Waals surface area contributed by atoms with E-state index in [9.17, 15) is 10.1 Å². The Morgan fingerprint density at radius 2 is 2.12 bits per heavy atom. The van der Waals surface area contributed by atoms with Crippen LogP contribution in [0.3, 0.4) is 0 Å². The largest absolute Gasteiger partial charge is 0.459 e. The summed E-state index contributed by atoms with van der Waals surface area (Å²) in [5.74, 6) is 2.23. The molecule has 0 radical (unpaired) electrons. The summed E-state index contributed by atoms with van der Waals surface area (Å²) in [5, 5.41) is 9.38. The fourth-order valence-corrected chi connectivity index (χ4v) is 3.83. The number of nitrogens with zero attached hydrogens (tertiary/aromatic N) is 4. The van der Waals surface area contributed by atoms with Crippen molar-refractivity contribution in [3.63, 3.8) is 0 Å². The molecule has 2 aromatic rings. The first-order valence-electron chi connectivity index (χ1n) is 9.14. The molecule has 0 N–H and O–H groups in total. The van der Waals surface area contributed by atoms with Crippen molar-refractivity contribution in [2.45, 2.75) is 26.2 Å². The summed E-state index contributed by atoms with van der Waals surface area (Å²) in [4.78, 5) is 20.9. The van der Waals surface area contributed by atoms with Crippen molar-refractivity contribution in [1.29, 1.82) is 5.26 Å². The molecule has 2 aliphatic heterocycles. The SMILES string of the molecule is CC1CCN(C(=O)C2CCN(c3oc(-c4ccco4)nc3C#N)CC2)C1. The fourth-order valence-electron chi connectivity index (χ4n) is 3.83. The van der Waals surface area contributed by atoms with E-state index in [2.05, 4.69) is 18.0 Å². The van der Waals surface area contributed by atoms with Gasteiger partial charge in [-0.1, -0.05) is 6.92 Å². The van der Waals surface area contributed by atoms with Gasteiger partial charge >= 0.3 is 0 Å². The monoisotopic (exact) mass is 354 g/mol. The van der Waals surface area contributed by atoms with Gasteiger partial charge < -0.3 is 18.6 Å². The molecule has 7 heteroatoms. The third kappa shape index (κ3) is 3.07. The Morgan fingerprint density at radius 1 is 1.31 bits per heavy atom. The molecular weight excluding hydrogens is 332 g/mol. The van der Waals surface area contributed by atoms with Gasteiger partial charge in [-0.15, -0.1) is 0 Å². The minimum atomic E-state index is 0.0644. The van der Waals surface area contributed by atoms with Gasteiger partial charge in [-0.3, -0.25) is 4.79 Å². The molecule has 0 aromatic carbocycles. The maximum absolute atomic E-state index is 12.7. The number of nitriles is 1. The van der Waals surface area contributed by atoms with Crippen molar-refractivity contribution in [2.24, 2.45) is 11.8 Å². The van der Waals surface area contributed by atoms with Crippen LogP contribution in [0.25, 0.3) is 11.7 Å². The number of aromatic nitrogens is 1. The molecule has 4 heterocycles. The Balaban J connectivity index is 1.43. The van der Waals surface area contributed by atoms with Gasteiger partial charge in [0.1, 0.15) is 6.07 Å². The minimum Gasteiger partial charge on any atom is -0.459 e. The lowest BCUT2D eigenvalue weighted by molar-refractivity contribution is -0.135. The molecule has 1 unspecified atom stereocenters. The lowest BCUT2D eigenvalue weighted by atomic mass is 9.95. The van der Waals surface area contributed by atoms with Crippen molar-refractivity contribution in [3.8, 4) is 17.7 Å².